The van der Waals surface area contributed by atoms with E-state index in [1.807, 2.05) is 11.6 Å². The summed E-state index contributed by atoms with van der Waals surface area (Å²) in [5.74, 6) is 1.13. The SMILES string of the molecule is CB(I)SCc1ccccc1. The van der Waals surface area contributed by atoms with Crippen molar-refractivity contribution in [2.24, 2.45) is 0 Å². The fourth-order valence-electron chi connectivity index (χ4n) is 0.785. The molecular formula is C8H10BIS. The summed E-state index contributed by atoms with van der Waals surface area (Å²) in [5.41, 5.74) is 1.42. The van der Waals surface area contributed by atoms with E-state index in [0.717, 1.165) is 5.75 Å². The second-order valence-electron chi connectivity index (χ2n) is 2.34. The van der Waals surface area contributed by atoms with Crippen LogP contribution in [0, 0.1) is 0 Å². The van der Waals surface area contributed by atoms with Gasteiger partial charge in [-0.3, -0.25) is 0 Å². The van der Waals surface area contributed by atoms with Gasteiger partial charge in [-0.05, 0) is 5.56 Å². The van der Waals surface area contributed by atoms with E-state index in [2.05, 4.69) is 59.5 Å². The van der Waals surface area contributed by atoms with E-state index < -0.39 is 0 Å². The number of hydrogen-bond donors (Lipinski definition) is 0. The fraction of sp³-hybridized carbons (Fsp3) is 0.250. The van der Waals surface area contributed by atoms with Gasteiger partial charge in [0.15, 0.2) is 0 Å². The number of halogens is 1. The van der Waals surface area contributed by atoms with Crippen molar-refractivity contribution in [3.05, 3.63) is 35.9 Å². The van der Waals surface area contributed by atoms with E-state index >= 15 is 0 Å². The van der Waals surface area contributed by atoms with Crippen LogP contribution in [-0.2, 0) is 5.75 Å². The molecule has 0 saturated heterocycles. The van der Waals surface area contributed by atoms with Crippen molar-refractivity contribution in [1.29, 1.82) is 0 Å². The van der Waals surface area contributed by atoms with Gasteiger partial charge in [0.25, 0.3) is 3.85 Å². The van der Waals surface area contributed by atoms with Crippen molar-refractivity contribution in [3.63, 3.8) is 0 Å². The minimum atomic E-state index is 0.702. The average Bonchev–Trinajstić information content (AvgIpc) is 2.03. The molecular weight excluding hydrogens is 266 g/mol. The molecule has 0 atom stereocenters. The standard InChI is InChI=1S/C8H10BIS/c1-9(10)11-7-8-5-3-2-4-6-8/h2-6H,7H2,1H3. The molecule has 0 aromatic heterocycles. The molecule has 1 aromatic carbocycles. The van der Waals surface area contributed by atoms with Gasteiger partial charge in [-0.2, -0.15) is 11.6 Å². The van der Waals surface area contributed by atoms with E-state index in [9.17, 15) is 0 Å². The molecule has 0 aliphatic heterocycles. The van der Waals surface area contributed by atoms with Gasteiger partial charge in [-0.1, -0.05) is 37.2 Å². The molecule has 0 N–H and O–H groups in total. The highest BCUT2D eigenvalue weighted by atomic mass is 127. The number of benzene rings is 1. The van der Waals surface area contributed by atoms with Crippen LogP contribution in [0.2, 0.25) is 6.82 Å². The predicted octanol–water partition coefficient (Wildman–Crippen LogP) is 3.47. The van der Waals surface area contributed by atoms with Crippen LogP contribution < -0.4 is 0 Å². The summed E-state index contributed by atoms with van der Waals surface area (Å²) in [4.78, 5) is 0. The molecule has 0 aliphatic rings. The van der Waals surface area contributed by atoms with Gasteiger partial charge in [-0.25, -0.2) is 0 Å². The van der Waals surface area contributed by atoms with Crippen molar-refractivity contribution in [1.82, 2.24) is 0 Å². The van der Waals surface area contributed by atoms with Crippen LogP contribution in [0.25, 0.3) is 0 Å². The normalized spacial score (nSPS) is 9.64. The van der Waals surface area contributed by atoms with Gasteiger partial charge in [-0.15, -0.1) is 22.4 Å². The van der Waals surface area contributed by atoms with E-state index in [1.165, 1.54) is 5.56 Å². The van der Waals surface area contributed by atoms with Crippen molar-refractivity contribution in [2.75, 3.05) is 0 Å². The first kappa shape index (κ1) is 9.45. The van der Waals surface area contributed by atoms with Crippen molar-refractivity contribution in [2.45, 2.75) is 12.6 Å². The van der Waals surface area contributed by atoms with Gasteiger partial charge in [0, 0.05) is 5.75 Å². The van der Waals surface area contributed by atoms with Crippen LogP contribution in [0.5, 0.6) is 0 Å². The maximum absolute atomic E-state index is 2.43. The lowest BCUT2D eigenvalue weighted by Gasteiger charge is -2.00. The molecule has 0 spiro atoms. The molecule has 0 amide bonds. The Kier molecular flexibility index (Phi) is 4.37. The third-order valence-electron chi connectivity index (χ3n) is 1.32. The van der Waals surface area contributed by atoms with Crippen LogP contribution in [0.15, 0.2) is 30.3 Å². The highest BCUT2D eigenvalue weighted by Gasteiger charge is 2.00. The molecule has 58 valence electrons. The minimum Gasteiger partial charge on any atom is -0.191 e. The molecule has 1 rings (SSSR count). The molecule has 1 aromatic rings. The summed E-state index contributed by atoms with van der Waals surface area (Å²) in [5, 5.41) is 0. The number of hydrogen-bond acceptors (Lipinski definition) is 1. The Morgan fingerprint density at radius 1 is 1.36 bits per heavy atom. The van der Waals surface area contributed by atoms with Gasteiger partial charge < -0.3 is 0 Å². The van der Waals surface area contributed by atoms with Crippen LogP contribution in [0.3, 0.4) is 0 Å². The predicted molar refractivity (Wildman–Crippen MR) is 63.4 cm³/mol. The first-order valence-electron chi connectivity index (χ1n) is 3.58. The highest BCUT2D eigenvalue weighted by Crippen LogP contribution is 2.18. The zero-order valence-electron chi connectivity index (χ0n) is 6.46. The molecule has 0 fully saturated rings. The second kappa shape index (κ2) is 5.09. The molecule has 0 bridgehead atoms. The molecule has 0 unspecified atom stereocenters. The first-order valence-corrected chi connectivity index (χ1v) is 5.88. The zero-order chi connectivity index (χ0) is 8.10. The van der Waals surface area contributed by atoms with Crippen LogP contribution in [0.4, 0.5) is 0 Å². The third-order valence-corrected chi connectivity index (χ3v) is 3.36. The topological polar surface area (TPSA) is 0 Å². The maximum atomic E-state index is 2.43. The Balaban J connectivity index is 2.39. The van der Waals surface area contributed by atoms with Crippen molar-refractivity contribution in [3.8, 4) is 0 Å². The summed E-state index contributed by atoms with van der Waals surface area (Å²) in [6.45, 7) is 2.22. The van der Waals surface area contributed by atoms with Crippen molar-refractivity contribution >= 4 is 37.8 Å². The Labute approximate surface area is 86.0 Å². The van der Waals surface area contributed by atoms with Crippen molar-refractivity contribution < 1.29 is 0 Å². The summed E-state index contributed by atoms with van der Waals surface area (Å²) in [7, 11) is 0. The fourth-order valence-corrected chi connectivity index (χ4v) is 1.94. The molecule has 11 heavy (non-hydrogen) atoms. The Hall–Kier alpha value is 0.365. The zero-order valence-corrected chi connectivity index (χ0v) is 9.43. The van der Waals surface area contributed by atoms with Gasteiger partial charge in [0.2, 0.25) is 0 Å². The summed E-state index contributed by atoms with van der Waals surface area (Å²) in [6, 6.07) is 10.6. The van der Waals surface area contributed by atoms with Gasteiger partial charge >= 0.3 is 0 Å². The Bertz CT molecular complexity index is 201. The quantitative estimate of drug-likeness (QED) is 0.601. The second-order valence-corrected chi connectivity index (χ2v) is 6.38. The Morgan fingerprint density at radius 2 is 2.00 bits per heavy atom. The van der Waals surface area contributed by atoms with E-state index in [4.69, 9.17) is 0 Å². The van der Waals surface area contributed by atoms with E-state index in [1.54, 1.807) is 0 Å². The molecule has 0 radical (unpaired) electrons. The third kappa shape index (κ3) is 4.06. The van der Waals surface area contributed by atoms with Crippen LogP contribution >= 0.6 is 34.0 Å². The van der Waals surface area contributed by atoms with Gasteiger partial charge in [0.1, 0.15) is 0 Å². The lowest BCUT2D eigenvalue weighted by atomic mass is 10.2. The van der Waals surface area contributed by atoms with E-state index in [0.29, 0.717) is 3.85 Å². The van der Waals surface area contributed by atoms with Gasteiger partial charge in [0.05, 0.1) is 0 Å². The summed E-state index contributed by atoms with van der Waals surface area (Å²) < 4.78 is 0.702. The smallest absolute Gasteiger partial charge is 0.191 e. The van der Waals surface area contributed by atoms with Crippen LogP contribution in [-0.4, -0.2) is 3.85 Å². The maximum Gasteiger partial charge on any atom is 0.278 e. The first-order chi connectivity index (χ1) is 5.29. The average molecular weight is 276 g/mol. The lowest BCUT2D eigenvalue weighted by Crippen LogP contribution is -1.88. The largest absolute Gasteiger partial charge is 0.278 e. The molecule has 0 saturated carbocycles. The number of rotatable bonds is 3. The van der Waals surface area contributed by atoms with E-state index in [-0.39, 0.29) is 0 Å². The lowest BCUT2D eigenvalue weighted by molar-refractivity contribution is 1.43. The van der Waals surface area contributed by atoms with Crippen LogP contribution in [0.1, 0.15) is 5.56 Å². The minimum absolute atomic E-state index is 0.702. The summed E-state index contributed by atoms with van der Waals surface area (Å²) in [6.07, 6.45) is 0. The molecule has 0 nitrogen and oxygen atoms in total. The monoisotopic (exact) mass is 276 g/mol. The Morgan fingerprint density at radius 3 is 2.55 bits per heavy atom. The summed E-state index contributed by atoms with van der Waals surface area (Å²) >= 11 is 4.40. The molecule has 0 aliphatic carbocycles. The highest BCUT2D eigenvalue weighted by molar-refractivity contribution is 14.1. The molecule has 3 heteroatoms. The molecule has 0 heterocycles.